The molecule has 0 fully saturated rings. The highest BCUT2D eigenvalue weighted by atomic mass is 35.5. The lowest BCUT2D eigenvalue weighted by atomic mass is 10.2. The first-order valence-electron chi connectivity index (χ1n) is 6.37. The van der Waals surface area contributed by atoms with Crippen LogP contribution in [-0.4, -0.2) is 19.8 Å². The van der Waals surface area contributed by atoms with Gasteiger partial charge in [0.05, 0.1) is 4.90 Å². The number of rotatable bonds is 4. The molecule has 0 saturated heterocycles. The topological polar surface area (TPSA) is 63.4 Å². The summed E-state index contributed by atoms with van der Waals surface area (Å²) < 4.78 is 26.5. The predicted molar refractivity (Wildman–Crippen MR) is 85.7 cm³/mol. The summed E-state index contributed by atoms with van der Waals surface area (Å²) in [5.74, 6) is 0. The first-order chi connectivity index (χ1) is 9.80. The largest absolute Gasteiger partial charge is 0.399 e. The maximum absolute atomic E-state index is 12.6. The van der Waals surface area contributed by atoms with Crippen LogP contribution >= 0.6 is 11.6 Å². The van der Waals surface area contributed by atoms with Gasteiger partial charge < -0.3 is 5.73 Å². The van der Waals surface area contributed by atoms with E-state index in [-0.39, 0.29) is 11.4 Å². The lowest BCUT2D eigenvalue weighted by molar-refractivity contribution is 0.466. The number of nitrogens with two attached hydrogens (primary N) is 1. The highest BCUT2D eigenvalue weighted by Gasteiger charge is 2.22. The summed E-state index contributed by atoms with van der Waals surface area (Å²) in [6.07, 6.45) is 0. The molecule has 0 atom stereocenters. The Morgan fingerprint density at radius 3 is 2.52 bits per heavy atom. The number of hydrogen-bond acceptors (Lipinski definition) is 3. The van der Waals surface area contributed by atoms with Crippen LogP contribution in [0.3, 0.4) is 0 Å². The van der Waals surface area contributed by atoms with Crippen molar-refractivity contribution in [2.45, 2.75) is 18.4 Å². The first-order valence-corrected chi connectivity index (χ1v) is 8.19. The maximum atomic E-state index is 12.6. The molecule has 0 saturated carbocycles. The van der Waals surface area contributed by atoms with Crippen LogP contribution in [0.4, 0.5) is 5.69 Å². The number of hydrogen-bond donors (Lipinski definition) is 1. The quantitative estimate of drug-likeness (QED) is 0.879. The Labute approximate surface area is 130 Å². The fraction of sp³-hybridized carbons (Fsp3) is 0.200. The summed E-state index contributed by atoms with van der Waals surface area (Å²) in [4.78, 5) is 0.265. The summed E-state index contributed by atoms with van der Waals surface area (Å²) in [6.45, 7) is 1.99. The smallest absolute Gasteiger partial charge is 0.243 e. The Kier molecular flexibility index (Phi) is 4.56. The molecule has 21 heavy (non-hydrogen) atoms. The molecule has 2 aromatic rings. The summed E-state index contributed by atoms with van der Waals surface area (Å²) in [6, 6.07) is 11.9. The molecule has 4 nitrogen and oxygen atoms in total. The van der Waals surface area contributed by atoms with E-state index >= 15 is 0 Å². The van der Waals surface area contributed by atoms with E-state index in [1.807, 2.05) is 6.07 Å². The number of anilines is 1. The van der Waals surface area contributed by atoms with Gasteiger partial charge in [0.25, 0.3) is 0 Å². The van der Waals surface area contributed by atoms with Gasteiger partial charge in [0, 0.05) is 24.3 Å². The fourth-order valence-electron chi connectivity index (χ4n) is 2.11. The normalized spacial score (nSPS) is 11.8. The van der Waals surface area contributed by atoms with Crippen molar-refractivity contribution >= 4 is 27.3 Å². The van der Waals surface area contributed by atoms with Gasteiger partial charge in [0.2, 0.25) is 10.0 Å². The van der Waals surface area contributed by atoms with Gasteiger partial charge in [-0.1, -0.05) is 23.7 Å². The third-order valence-electron chi connectivity index (χ3n) is 3.18. The van der Waals surface area contributed by atoms with Crippen molar-refractivity contribution in [3.8, 4) is 0 Å². The zero-order valence-electron chi connectivity index (χ0n) is 11.9. The van der Waals surface area contributed by atoms with Crippen LogP contribution in [0, 0.1) is 6.92 Å². The van der Waals surface area contributed by atoms with Crippen LogP contribution in [0.1, 0.15) is 11.1 Å². The van der Waals surface area contributed by atoms with Crippen molar-refractivity contribution in [3.05, 3.63) is 58.6 Å². The standard InChI is InChI=1S/C15H17ClN2O2S/c1-11-8-14(17)6-7-15(11)21(19,20)18(2)10-12-4-3-5-13(16)9-12/h3-9H,10,17H2,1-2H3. The molecule has 0 radical (unpaired) electrons. The summed E-state index contributed by atoms with van der Waals surface area (Å²) >= 11 is 5.92. The third kappa shape index (κ3) is 3.56. The van der Waals surface area contributed by atoms with Crippen molar-refractivity contribution in [2.75, 3.05) is 12.8 Å². The van der Waals surface area contributed by atoms with Gasteiger partial charge in [0.15, 0.2) is 0 Å². The zero-order valence-corrected chi connectivity index (χ0v) is 13.4. The Morgan fingerprint density at radius 1 is 1.19 bits per heavy atom. The number of aryl methyl sites for hydroxylation is 1. The first kappa shape index (κ1) is 15.8. The lowest BCUT2D eigenvalue weighted by Crippen LogP contribution is -2.27. The van der Waals surface area contributed by atoms with Crippen molar-refractivity contribution < 1.29 is 8.42 Å². The number of nitrogen functional groups attached to an aromatic ring is 1. The van der Waals surface area contributed by atoms with E-state index in [1.54, 1.807) is 44.3 Å². The second kappa shape index (κ2) is 6.05. The summed E-state index contributed by atoms with van der Waals surface area (Å²) in [7, 11) is -2.02. The van der Waals surface area contributed by atoms with Crippen LogP contribution < -0.4 is 5.73 Å². The van der Waals surface area contributed by atoms with Crippen LogP contribution in [0.2, 0.25) is 5.02 Å². The van der Waals surface area contributed by atoms with Gasteiger partial charge in [-0.05, 0) is 48.4 Å². The molecule has 112 valence electrons. The number of halogens is 1. The molecule has 0 spiro atoms. The average molecular weight is 325 g/mol. The Morgan fingerprint density at radius 2 is 1.90 bits per heavy atom. The Balaban J connectivity index is 2.30. The molecule has 2 rings (SSSR count). The van der Waals surface area contributed by atoms with Gasteiger partial charge in [-0.2, -0.15) is 4.31 Å². The number of sulfonamides is 1. The molecule has 0 aliphatic rings. The van der Waals surface area contributed by atoms with Crippen molar-refractivity contribution in [1.29, 1.82) is 0 Å². The molecule has 2 aromatic carbocycles. The van der Waals surface area contributed by atoms with E-state index < -0.39 is 10.0 Å². The Hall–Kier alpha value is -1.56. The molecule has 0 bridgehead atoms. The van der Waals surface area contributed by atoms with Crippen molar-refractivity contribution in [3.63, 3.8) is 0 Å². The van der Waals surface area contributed by atoms with Crippen LogP contribution in [0.15, 0.2) is 47.4 Å². The molecule has 0 aliphatic carbocycles. The van der Waals surface area contributed by atoms with E-state index in [4.69, 9.17) is 17.3 Å². The minimum atomic E-state index is -3.56. The van der Waals surface area contributed by atoms with E-state index in [0.29, 0.717) is 16.3 Å². The van der Waals surface area contributed by atoms with Crippen LogP contribution in [0.5, 0.6) is 0 Å². The monoisotopic (exact) mass is 324 g/mol. The molecular weight excluding hydrogens is 308 g/mol. The second-order valence-electron chi connectivity index (χ2n) is 4.92. The number of benzene rings is 2. The Bertz CT molecular complexity index is 760. The highest BCUT2D eigenvalue weighted by molar-refractivity contribution is 7.89. The van der Waals surface area contributed by atoms with Crippen molar-refractivity contribution in [2.24, 2.45) is 0 Å². The minimum absolute atomic E-state index is 0.257. The second-order valence-corrected chi connectivity index (χ2v) is 7.37. The van der Waals surface area contributed by atoms with Crippen LogP contribution in [-0.2, 0) is 16.6 Å². The van der Waals surface area contributed by atoms with Gasteiger partial charge in [-0.25, -0.2) is 8.42 Å². The molecule has 0 aliphatic heterocycles. The summed E-state index contributed by atoms with van der Waals surface area (Å²) in [5.41, 5.74) is 7.68. The highest BCUT2D eigenvalue weighted by Crippen LogP contribution is 2.23. The average Bonchev–Trinajstić information content (AvgIpc) is 2.38. The molecule has 6 heteroatoms. The van der Waals surface area contributed by atoms with Crippen LogP contribution in [0.25, 0.3) is 0 Å². The zero-order chi connectivity index (χ0) is 15.6. The third-order valence-corrected chi connectivity index (χ3v) is 5.38. The van der Waals surface area contributed by atoms with E-state index in [2.05, 4.69) is 0 Å². The van der Waals surface area contributed by atoms with Crippen molar-refractivity contribution in [1.82, 2.24) is 4.31 Å². The molecule has 2 N–H and O–H groups in total. The molecule has 0 amide bonds. The van der Waals surface area contributed by atoms with E-state index in [0.717, 1.165) is 5.56 Å². The maximum Gasteiger partial charge on any atom is 0.243 e. The predicted octanol–water partition coefficient (Wildman–Crippen LogP) is 3.05. The van der Waals surface area contributed by atoms with E-state index in [9.17, 15) is 8.42 Å². The summed E-state index contributed by atoms with van der Waals surface area (Å²) in [5, 5.41) is 0.585. The minimum Gasteiger partial charge on any atom is -0.399 e. The SMILES string of the molecule is Cc1cc(N)ccc1S(=O)(=O)N(C)Cc1cccc(Cl)c1. The van der Waals surface area contributed by atoms with Gasteiger partial charge in [-0.3, -0.25) is 0 Å². The molecule has 0 heterocycles. The molecule has 0 aromatic heterocycles. The van der Waals surface area contributed by atoms with Gasteiger partial charge >= 0.3 is 0 Å². The lowest BCUT2D eigenvalue weighted by Gasteiger charge is -2.19. The number of nitrogens with zero attached hydrogens (tertiary/aromatic N) is 1. The fourth-order valence-corrected chi connectivity index (χ4v) is 3.68. The molecular formula is C15H17ClN2O2S. The van der Waals surface area contributed by atoms with Gasteiger partial charge in [-0.15, -0.1) is 0 Å². The van der Waals surface area contributed by atoms with Gasteiger partial charge in [0.1, 0.15) is 0 Å². The van der Waals surface area contributed by atoms with E-state index in [1.165, 1.54) is 10.4 Å². The molecule has 0 unspecified atom stereocenters.